The van der Waals surface area contributed by atoms with Gasteiger partial charge in [-0.05, 0) is 94.8 Å². The lowest BCUT2D eigenvalue weighted by molar-refractivity contribution is 0.670. The lowest BCUT2D eigenvalue weighted by Gasteiger charge is -2.19. The van der Waals surface area contributed by atoms with Gasteiger partial charge in [0, 0.05) is 16.3 Å². The number of furan rings is 1. The topological polar surface area (TPSA) is 13.1 Å². The molecule has 0 aliphatic heterocycles. The van der Waals surface area contributed by atoms with Crippen LogP contribution in [0, 0.1) is 0 Å². The Morgan fingerprint density at radius 3 is 1.58 bits per heavy atom. The van der Waals surface area contributed by atoms with Crippen LogP contribution in [-0.2, 0) is 0 Å². The molecule has 0 saturated carbocycles. The molecule has 1 heterocycles. The van der Waals surface area contributed by atoms with Crippen LogP contribution in [-0.4, -0.2) is 0 Å². The number of fused-ring (bicyclic) bond motifs is 8. The van der Waals surface area contributed by atoms with E-state index in [0.29, 0.717) is 28.6 Å². The van der Waals surface area contributed by atoms with Gasteiger partial charge in [0.25, 0.3) is 0 Å². The van der Waals surface area contributed by atoms with Crippen molar-refractivity contribution in [3.63, 3.8) is 0 Å². The van der Waals surface area contributed by atoms with Crippen molar-refractivity contribution < 1.29 is 7.16 Å². The fraction of sp³-hybridized carbons (Fsp3) is 0. The Hall–Kier alpha value is -5.92. The molecule has 10 rings (SSSR count). The largest absolute Gasteiger partial charge is 0.456 e. The molecule has 0 bridgehead atoms. The van der Waals surface area contributed by atoms with E-state index in [2.05, 4.69) is 121 Å². The second kappa shape index (κ2) is 9.29. The lowest BCUT2D eigenvalue weighted by Crippen LogP contribution is -1.92. The summed E-state index contributed by atoms with van der Waals surface area (Å²) in [4.78, 5) is 0. The maximum Gasteiger partial charge on any atom is 0.136 e. The van der Waals surface area contributed by atoms with E-state index in [1.807, 2.05) is 24.3 Å². The molecule has 208 valence electrons. The average Bonchev–Trinajstić information content (AvgIpc) is 3.51. The van der Waals surface area contributed by atoms with Crippen molar-refractivity contribution in [3.05, 3.63) is 158 Å². The molecule has 45 heavy (non-hydrogen) atoms. The smallest absolute Gasteiger partial charge is 0.136 e. The van der Waals surface area contributed by atoms with Crippen LogP contribution in [0.25, 0.3) is 98.1 Å². The average molecular weight is 573 g/mol. The fourth-order valence-corrected chi connectivity index (χ4v) is 7.40. The molecule has 0 atom stereocenters. The highest BCUT2D eigenvalue weighted by molar-refractivity contribution is 6.30. The fourth-order valence-electron chi connectivity index (χ4n) is 7.40. The first-order valence-electron chi connectivity index (χ1n) is 16.4. The van der Waals surface area contributed by atoms with Crippen molar-refractivity contribution in [1.82, 2.24) is 0 Å². The number of benzene rings is 9. The second-order valence-electron chi connectivity index (χ2n) is 11.9. The first-order valence-corrected chi connectivity index (χ1v) is 15.4. The van der Waals surface area contributed by atoms with E-state index in [0.717, 1.165) is 48.8 Å². The summed E-state index contributed by atoms with van der Waals surface area (Å²) in [7, 11) is 0. The highest BCUT2D eigenvalue weighted by Gasteiger charge is 2.23. The molecular weight excluding hydrogens is 544 g/mol. The third-order valence-electron chi connectivity index (χ3n) is 9.36. The highest BCUT2D eigenvalue weighted by atomic mass is 16.3. The molecule has 0 N–H and O–H groups in total. The zero-order chi connectivity index (χ0) is 31.2. The van der Waals surface area contributed by atoms with Crippen LogP contribution in [0.2, 0.25) is 0 Å². The van der Waals surface area contributed by atoms with Gasteiger partial charge in [0.1, 0.15) is 11.2 Å². The summed E-state index contributed by atoms with van der Waals surface area (Å²) >= 11 is 0. The molecule has 0 amide bonds. The van der Waals surface area contributed by atoms with Crippen LogP contribution in [0.5, 0.6) is 0 Å². The van der Waals surface area contributed by atoms with Gasteiger partial charge in [-0.25, -0.2) is 0 Å². The predicted octanol–water partition coefficient (Wildman–Crippen LogP) is 12.7. The van der Waals surface area contributed by atoms with Gasteiger partial charge in [0.15, 0.2) is 0 Å². The second-order valence-corrected chi connectivity index (χ2v) is 11.9. The zero-order valence-electron chi connectivity index (χ0n) is 26.3. The first-order chi connectivity index (χ1) is 23.2. The summed E-state index contributed by atoms with van der Waals surface area (Å²) in [6.45, 7) is 0. The van der Waals surface area contributed by atoms with E-state index >= 15 is 0 Å². The molecule has 1 aromatic heterocycles. The van der Waals surface area contributed by atoms with E-state index in [1.165, 1.54) is 32.7 Å². The van der Waals surface area contributed by atoms with E-state index in [-0.39, 0.29) is 0 Å². The molecule has 0 aliphatic rings. The van der Waals surface area contributed by atoms with Crippen molar-refractivity contribution in [1.29, 1.82) is 0 Å². The Labute approximate surface area is 262 Å². The van der Waals surface area contributed by atoms with Crippen molar-refractivity contribution in [2.45, 2.75) is 0 Å². The van der Waals surface area contributed by atoms with E-state index in [4.69, 9.17) is 4.42 Å². The monoisotopic (exact) mass is 572 g/mol. The highest BCUT2D eigenvalue weighted by Crippen LogP contribution is 2.49. The quantitative estimate of drug-likeness (QED) is 0.188. The predicted molar refractivity (Wildman–Crippen MR) is 192 cm³/mol. The minimum Gasteiger partial charge on any atom is -0.456 e. The van der Waals surface area contributed by atoms with E-state index in [1.54, 1.807) is 0 Å². The summed E-state index contributed by atoms with van der Waals surface area (Å²) in [6.07, 6.45) is 0. The van der Waals surface area contributed by atoms with E-state index < -0.39 is 0 Å². The minimum atomic E-state index is 0.319. The van der Waals surface area contributed by atoms with Gasteiger partial charge >= 0.3 is 0 Å². The van der Waals surface area contributed by atoms with Crippen LogP contribution in [0.1, 0.15) is 2.74 Å². The molecule has 0 aliphatic carbocycles. The standard InChI is InChI=1S/C44H26O/c1-2-12-28-23-32(22-21-27(28)11-1)41-34-17-7-9-19-36(34)42(37-20-10-8-18-35(37)41)44-33-16-6-5-15-31(33)26-40-43(44)38-24-29-13-3-4-14-30(29)25-39(38)45-40/h1-26H/i24D,25D. The first kappa shape index (κ1) is 22.6. The molecule has 10 aromatic rings. The Morgan fingerprint density at radius 2 is 0.889 bits per heavy atom. The van der Waals surface area contributed by atoms with Gasteiger partial charge in [-0.15, -0.1) is 0 Å². The summed E-state index contributed by atoms with van der Waals surface area (Å²) in [5.74, 6) is 0. The normalized spacial score (nSPS) is 12.6. The Kier molecular flexibility index (Phi) is 4.66. The van der Waals surface area contributed by atoms with Crippen molar-refractivity contribution in [2.75, 3.05) is 0 Å². The SMILES string of the molecule is [2H]c1c2ccccc2c([2H])c2c1oc1cc3ccccc3c(-c3c4ccccc4c(-c4ccc5ccccc5c4)c4ccccc34)c12. The third kappa shape index (κ3) is 3.56. The molecule has 0 unspecified atom stereocenters. The minimum absolute atomic E-state index is 0.319. The van der Waals surface area contributed by atoms with Crippen LogP contribution >= 0.6 is 0 Å². The van der Waals surface area contributed by atoms with Crippen LogP contribution in [0.3, 0.4) is 0 Å². The lowest BCUT2D eigenvalue weighted by atomic mass is 9.83. The molecule has 0 fully saturated rings. The zero-order valence-corrected chi connectivity index (χ0v) is 24.3. The Morgan fingerprint density at radius 1 is 0.356 bits per heavy atom. The van der Waals surface area contributed by atoms with Gasteiger partial charge in [-0.3, -0.25) is 0 Å². The molecule has 0 spiro atoms. The maximum atomic E-state index is 9.49. The third-order valence-corrected chi connectivity index (χ3v) is 9.36. The van der Waals surface area contributed by atoms with Gasteiger partial charge in [0.2, 0.25) is 0 Å². The van der Waals surface area contributed by atoms with Gasteiger partial charge in [-0.1, -0.05) is 133 Å². The molecule has 1 nitrogen and oxygen atoms in total. The van der Waals surface area contributed by atoms with Crippen LogP contribution in [0.15, 0.2) is 162 Å². The summed E-state index contributed by atoms with van der Waals surface area (Å²) in [5.41, 5.74) is 5.69. The Balaban J connectivity index is 1.44. The van der Waals surface area contributed by atoms with E-state index in [9.17, 15) is 2.74 Å². The van der Waals surface area contributed by atoms with Gasteiger partial charge in [0.05, 0.1) is 2.74 Å². The molecule has 9 aromatic carbocycles. The van der Waals surface area contributed by atoms with Gasteiger partial charge in [-0.2, -0.15) is 0 Å². The number of rotatable bonds is 2. The van der Waals surface area contributed by atoms with Crippen molar-refractivity contribution in [3.8, 4) is 22.3 Å². The van der Waals surface area contributed by atoms with Gasteiger partial charge < -0.3 is 4.42 Å². The Bertz CT molecular complexity index is 2880. The number of hydrogen-bond acceptors (Lipinski definition) is 1. The number of hydrogen-bond donors (Lipinski definition) is 0. The summed E-state index contributed by atoms with van der Waals surface area (Å²) in [6, 6.07) is 51.6. The van der Waals surface area contributed by atoms with Crippen molar-refractivity contribution >= 4 is 75.8 Å². The molecule has 1 heteroatoms. The van der Waals surface area contributed by atoms with Crippen LogP contribution < -0.4 is 0 Å². The van der Waals surface area contributed by atoms with Crippen molar-refractivity contribution in [2.24, 2.45) is 0 Å². The molecule has 0 radical (unpaired) electrons. The van der Waals surface area contributed by atoms with Crippen LogP contribution in [0.4, 0.5) is 0 Å². The molecule has 0 saturated heterocycles. The summed E-state index contributed by atoms with van der Waals surface area (Å²) in [5, 5.41) is 12.3. The maximum absolute atomic E-state index is 9.49. The molecular formula is C44H26O. The summed E-state index contributed by atoms with van der Waals surface area (Å²) < 4.78 is 25.3.